The summed E-state index contributed by atoms with van der Waals surface area (Å²) >= 11 is 1.50. The van der Waals surface area contributed by atoms with E-state index < -0.39 is 12.2 Å². The minimum atomic E-state index is -2.92. The van der Waals surface area contributed by atoms with Crippen molar-refractivity contribution in [2.75, 3.05) is 6.26 Å². The highest BCUT2D eigenvalue weighted by atomic mass is 32.2. The van der Waals surface area contributed by atoms with E-state index >= 15 is 0 Å². The van der Waals surface area contributed by atoms with Crippen LogP contribution in [-0.2, 0) is 0 Å². The molecule has 0 atom stereocenters. The van der Waals surface area contributed by atoms with Gasteiger partial charge in [0.05, 0.1) is 0 Å². The minimum absolute atomic E-state index is 0.0628. The fourth-order valence-corrected chi connectivity index (χ4v) is 1.29. The van der Waals surface area contributed by atoms with Gasteiger partial charge in [0.25, 0.3) is 0 Å². The van der Waals surface area contributed by atoms with Gasteiger partial charge in [-0.3, -0.25) is 4.79 Å². The van der Waals surface area contributed by atoms with Crippen molar-refractivity contribution in [3.05, 3.63) is 29.8 Å². The predicted octanol–water partition coefficient (Wildman–Crippen LogP) is 2.86. The molecule has 13 heavy (non-hydrogen) atoms. The highest BCUT2D eigenvalue weighted by Crippen LogP contribution is 2.16. The summed E-state index contributed by atoms with van der Waals surface area (Å²) in [4.78, 5) is 11.7. The monoisotopic (exact) mass is 202 g/mol. The zero-order valence-electron chi connectivity index (χ0n) is 6.96. The quantitative estimate of drug-likeness (QED) is 0.553. The maximum atomic E-state index is 11.9. The predicted molar refractivity (Wildman–Crippen MR) is 48.6 cm³/mol. The van der Waals surface area contributed by atoms with E-state index in [0.717, 1.165) is 4.90 Å². The van der Waals surface area contributed by atoms with Crippen molar-refractivity contribution < 1.29 is 13.6 Å². The van der Waals surface area contributed by atoms with Crippen LogP contribution in [0.25, 0.3) is 0 Å². The Balaban J connectivity index is 2.86. The standard InChI is InChI=1S/C9H8F2OS/c1-13-7-4-2-6(3-5-7)8(12)9(10)11/h2-5,9H,1H3. The first kappa shape index (κ1) is 10.2. The van der Waals surface area contributed by atoms with Crippen molar-refractivity contribution in [3.8, 4) is 0 Å². The lowest BCUT2D eigenvalue weighted by atomic mass is 10.1. The largest absolute Gasteiger partial charge is 0.300 e. The molecule has 0 heterocycles. The third-order valence-electron chi connectivity index (χ3n) is 1.57. The molecule has 0 fully saturated rings. The van der Waals surface area contributed by atoms with Crippen molar-refractivity contribution in [2.45, 2.75) is 11.3 Å². The number of carbonyl (C=O) groups is 1. The number of Topliss-reactive ketones (excluding diaryl/α,β-unsaturated/α-hetero) is 1. The summed E-state index contributed by atoms with van der Waals surface area (Å²) in [5.41, 5.74) is 0.0628. The molecule has 1 aromatic carbocycles. The van der Waals surface area contributed by atoms with Crippen LogP contribution in [0.1, 0.15) is 10.4 Å². The normalized spacial score (nSPS) is 10.5. The van der Waals surface area contributed by atoms with E-state index in [1.54, 1.807) is 12.1 Å². The molecule has 0 bridgehead atoms. The van der Waals surface area contributed by atoms with E-state index in [4.69, 9.17) is 0 Å². The fourth-order valence-electron chi connectivity index (χ4n) is 0.881. The van der Waals surface area contributed by atoms with Gasteiger partial charge >= 0.3 is 6.43 Å². The molecule has 4 heteroatoms. The van der Waals surface area contributed by atoms with E-state index in [1.165, 1.54) is 23.9 Å². The summed E-state index contributed by atoms with van der Waals surface area (Å²) < 4.78 is 23.9. The second kappa shape index (κ2) is 4.37. The van der Waals surface area contributed by atoms with Crippen LogP contribution in [0.3, 0.4) is 0 Å². The van der Waals surface area contributed by atoms with Gasteiger partial charge in [0, 0.05) is 10.5 Å². The van der Waals surface area contributed by atoms with Crippen molar-refractivity contribution >= 4 is 17.5 Å². The summed E-state index contributed by atoms with van der Waals surface area (Å²) in [6.45, 7) is 0. The van der Waals surface area contributed by atoms with E-state index in [0.29, 0.717) is 0 Å². The van der Waals surface area contributed by atoms with Gasteiger partial charge in [-0.25, -0.2) is 8.78 Å². The molecular formula is C9H8F2OS. The topological polar surface area (TPSA) is 17.1 Å². The van der Waals surface area contributed by atoms with Crippen LogP contribution in [0.15, 0.2) is 29.2 Å². The highest BCUT2D eigenvalue weighted by molar-refractivity contribution is 7.98. The molecule has 1 rings (SSSR count). The van der Waals surface area contributed by atoms with Crippen molar-refractivity contribution in [1.29, 1.82) is 0 Å². The molecule has 0 unspecified atom stereocenters. The van der Waals surface area contributed by atoms with Gasteiger partial charge in [-0.05, 0) is 18.4 Å². The number of ketones is 1. The summed E-state index contributed by atoms with van der Waals surface area (Å²) in [6.07, 6.45) is -1.04. The van der Waals surface area contributed by atoms with Gasteiger partial charge in [-0.1, -0.05) is 12.1 Å². The lowest BCUT2D eigenvalue weighted by Crippen LogP contribution is -2.09. The zero-order chi connectivity index (χ0) is 9.84. The Morgan fingerprint density at radius 2 is 1.85 bits per heavy atom. The Morgan fingerprint density at radius 1 is 1.31 bits per heavy atom. The molecule has 0 aliphatic rings. The Bertz CT molecular complexity index is 295. The van der Waals surface area contributed by atoms with Crippen LogP contribution in [0.5, 0.6) is 0 Å². The molecule has 0 spiro atoms. The third kappa shape index (κ3) is 2.52. The van der Waals surface area contributed by atoms with E-state index in [2.05, 4.69) is 0 Å². The second-order valence-corrected chi connectivity index (χ2v) is 3.27. The summed E-state index contributed by atoms with van der Waals surface area (Å²) in [5.74, 6) is -1.12. The second-order valence-electron chi connectivity index (χ2n) is 2.39. The van der Waals surface area contributed by atoms with Crippen molar-refractivity contribution in [1.82, 2.24) is 0 Å². The molecule has 0 saturated carbocycles. The average molecular weight is 202 g/mol. The first-order valence-corrected chi connectivity index (χ1v) is 4.84. The number of hydrogen-bond donors (Lipinski definition) is 0. The Hall–Kier alpha value is -0.900. The van der Waals surface area contributed by atoms with Crippen LogP contribution < -0.4 is 0 Å². The van der Waals surface area contributed by atoms with Gasteiger partial charge in [-0.15, -0.1) is 11.8 Å². The van der Waals surface area contributed by atoms with E-state index in [-0.39, 0.29) is 5.56 Å². The average Bonchev–Trinajstić information content (AvgIpc) is 2.17. The summed E-state index contributed by atoms with van der Waals surface area (Å²) in [5, 5.41) is 0. The number of alkyl halides is 2. The number of benzene rings is 1. The summed E-state index contributed by atoms with van der Waals surface area (Å²) in [6, 6.07) is 6.14. The molecule has 0 aromatic heterocycles. The lowest BCUT2D eigenvalue weighted by molar-refractivity contribution is 0.0678. The fraction of sp³-hybridized carbons (Fsp3) is 0.222. The highest BCUT2D eigenvalue weighted by Gasteiger charge is 2.16. The van der Waals surface area contributed by atoms with Crippen LogP contribution in [0.2, 0.25) is 0 Å². The van der Waals surface area contributed by atoms with Gasteiger partial charge < -0.3 is 0 Å². The molecule has 0 aliphatic heterocycles. The van der Waals surface area contributed by atoms with E-state index in [1.807, 2.05) is 6.26 Å². The molecule has 70 valence electrons. The van der Waals surface area contributed by atoms with Crippen LogP contribution in [0, 0.1) is 0 Å². The molecule has 0 saturated heterocycles. The van der Waals surface area contributed by atoms with Gasteiger partial charge in [0.15, 0.2) is 0 Å². The first-order chi connectivity index (χ1) is 6.15. The van der Waals surface area contributed by atoms with Crippen molar-refractivity contribution in [3.63, 3.8) is 0 Å². The molecule has 0 aliphatic carbocycles. The minimum Gasteiger partial charge on any atom is -0.288 e. The SMILES string of the molecule is CSc1ccc(C(=O)C(F)F)cc1. The maximum Gasteiger partial charge on any atom is 0.300 e. The molecular weight excluding hydrogens is 194 g/mol. The number of hydrogen-bond acceptors (Lipinski definition) is 2. The molecule has 1 nitrogen and oxygen atoms in total. The smallest absolute Gasteiger partial charge is 0.288 e. The third-order valence-corrected chi connectivity index (χ3v) is 2.32. The number of thioether (sulfide) groups is 1. The van der Waals surface area contributed by atoms with Gasteiger partial charge in [0.1, 0.15) is 0 Å². The van der Waals surface area contributed by atoms with Gasteiger partial charge in [0.2, 0.25) is 5.78 Å². The molecule has 0 N–H and O–H groups in total. The number of halogens is 2. The van der Waals surface area contributed by atoms with E-state index in [9.17, 15) is 13.6 Å². The van der Waals surface area contributed by atoms with Crippen molar-refractivity contribution in [2.24, 2.45) is 0 Å². The Morgan fingerprint density at radius 3 is 2.23 bits per heavy atom. The molecule has 0 amide bonds. The Kier molecular flexibility index (Phi) is 3.42. The maximum absolute atomic E-state index is 11.9. The van der Waals surface area contributed by atoms with Crippen LogP contribution in [-0.4, -0.2) is 18.5 Å². The Labute approximate surface area is 79.1 Å². The number of carbonyl (C=O) groups excluding carboxylic acids is 1. The van der Waals surface area contributed by atoms with Crippen LogP contribution in [0.4, 0.5) is 8.78 Å². The zero-order valence-corrected chi connectivity index (χ0v) is 7.78. The van der Waals surface area contributed by atoms with Gasteiger partial charge in [-0.2, -0.15) is 0 Å². The lowest BCUT2D eigenvalue weighted by Gasteiger charge is -2.00. The first-order valence-electron chi connectivity index (χ1n) is 3.61. The van der Waals surface area contributed by atoms with Crippen LogP contribution >= 0.6 is 11.8 Å². The summed E-state index contributed by atoms with van der Waals surface area (Å²) in [7, 11) is 0. The number of rotatable bonds is 3. The molecule has 0 radical (unpaired) electrons. The molecule has 1 aromatic rings.